The zero-order valence-corrected chi connectivity index (χ0v) is 15.3. The molecule has 0 bridgehead atoms. The molecule has 1 aromatic carbocycles. The topological polar surface area (TPSA) is 146 Å². The number of halogens is 1. The van der Waals surface area contributed by atoms with Gasteiger partial charge in [-0.25, -0.2) is 14.2 Å². The lowest BCUT2D eigenvalue weighted by molar-refractivity contribution is -0.0397. The number of nitrogens with one attached hydrogen (secondary N) is 1. The van der Waals surface area contributed by atoms with E-state index in [0.29, 0.717) is 5.69 Å². The minimum absolute atomic E-state index is 0.0624. The van der Waals surface area contributed by atoms with E-state index in [1.165, 1.54) is 7.05 Å². The molecule has 2 heterocycles. The van der Waals surface area contributed by atoms with Crippen LogP contribution in [0.4, 0.5) is 21.8 Å². The van der Waals surface area contributed by atoms with Gasteiger partial charge in [0.2, 0.25) is 5.95 Å². The highest BCUT2D eigenvalue weighted by atomic mass is 19.1. The highest BCUT2D eigenvalue weighted by Gasteiger charge is 2.41. The molecule has 2 aromatic heterocycles. The van der Waals surface area contributed by atoms with Gasteiger partial charge in [-0.05, 0) is 28.6 Å². The van der Waals surface area contributed by atoms with Crippen LogP contribution < -0.4 is 21.5 Å². The van der Waals surface area contributed by atoms with E-state index >= 15 is 0 Å². The molecule has 1 saturated carbocycles. The van der Waals surface area contributed by atoms with Gasteiger partial charge in [-0.15, -0.1) is 0 Å². The van der Waals surface area contributed by atoms with Gasteiger partial charge >= 0.3 is 5.69 Å². The fourth-order valence-corrected chi connectivity index (χ4v) is 2.92. The van der Waals surface area contributed by atoms with Gasteiger partial charge in [0.1, 0.15) is 19.3 Å². The van der Waals surface area contributed by atoms with Crippen molar-refractivity contribution in [2.24, 2.45) is 7.05 Å². The molecule has 13 heteroatoms. The van der Waals surface area contributed by atoms with Crippen LogP contribution in [0, 0.1) is 5.82 Å². The van der Waals surface area contributed by atoms with Crippen LogP contribution in [0.2, 0.25) is 0 Å². The van der Waals surface area contributed by atoms with Gasteiger partial charge in [-0.1, -0.05) is 0 Å². The molecule has 4 N–H and O–H groups in total. The standard InChI is InChI=1S/C16H16BFN8O3/c1-25-15(28)26(24-23-25)11-4-8(21-14-20-7-10(18)13(19)22-14)2-3-12(11)29-16(17)5-9(27)6-16/h2-4,7,9,27H,5-6H2,1H3,(H3,19,20,21,22). The summed E-state index contributed by atoms with van der Waals surface area (Å²) in [4.78, 5) is 20.0. The molecular weight excluding hydrogens is 382 g/mol. The first kappa shape index (κ1) is 18.9. The fraction of sp³-hybridized carbons (Fsp3) is 0.312. The first-order valence-electron chi connectivity index (χ1n) is 8.58. The number of rotatable bonds is 5. The lowest BCUT2D eigenvalue weighted by Crippen LogP contribution is -2.52. The summed E-state index contributed by atoms with van der Waals surface area (Å²) in [5, 5.41) is 19.9. The number of nitrogens with two attached hydrogens (primary N) is 1. The molecule has 4 rings (SSSR count). The Morgan fingerprint density at radius 1 is 1.41 bits per heavy atom. The van der Waals surface area contributed by atoms with E-state index in [2.05, 4.69) is 25.7 Å². The monoisotopic (exact) mass is 398 g/mol. The Balaban J connectivity index is 1.71. The van der Waals surface area contributed by atoms with Crippen LogP contribution in [0.3, 0.4) is 0 Å². The molecule has 148 valence electrons. The van der Waals surface area contributed by atoms with Crippen molar-refractivity contribution in [3.05, 3.63) is 40.7 Å². The van der Waals surface area contributed by atoms with Gasteiger partial charge in [0.15, 0.2) is 11.6 Å². The average Bonchev–Trinajstić information content (AvgIpc) is 2.97. The SMILES string of the molecule is [B]C1(Oc2ccc(Nc3ncc(F)c(N)n3)cc2-n2nnn(C)c2=O)CC(O)C1. The van der Waals surface area contributed by atoms with Crippen LogP contribution in [0.1, 0.15) is 12.8 Å². The molecule has 0 spiro atoms. The first-order valence-corrected chi connectivity index (χ1v) is 8.58. The van der Waals surface area contributed by atoms with Gasteiger partial charge in [0.05, 0.1) is 17.8 Å². The molecule has 0 aliphatic heterocycles. The summed E-state index contributed by atoms with van der Waals surface area (Å²) in [5.41, 5.74) is 4.61. The maximum atomic E-state index is 13.3. The third-order valence-corrected chi connectivity index (χ3v) is 4.41. The Morgan fingerprint density at radius 3 is 2.79 bits per heavy atom. The molecule has 1 aliphatic carbocycles. The predicted octanol–water partition coefficient (Wildman–Crippen LogP) is -0.381. The van der Waals surface area contributed by atoms with Crippen molar-refractivity contribution in [1.82, 2.24) is 29.8 Å². The minimum atomic E-state index is -1.05. The van der Waals surface area contributed by atoms with E-state index in [1.807, 2.05) is 0 Å². The minimum Gasteiger partial charge on any atom is -0.495 e. The summed E-state index contributed by atoms with van der Waals surface area (Å²) >= 11 is 0. The number of nitrogens with zero attached hydrogens (tertiary/aromatic N) is 6. The summed E-state index contributed by atoms with van der Waals surface area (Å²) in [6.07, 6.45) is 0.912. The zero-order valence-electron chi connectivity index (χ0n) is 15.3. The number of hydrogen-bond acceptors (Lipinski definition) is 9. The van der Waals surface area contributed by atoms with Crippen molar-refractivity contribution in [1.29, 1.82) is 0 Å². The molecule has 2 radical (unpaired) electrons. The lowest BCUT2D eigenvalue weighted by atomic mass is 9.64. The molecule has 1 aliphatic rings. The van der Waals surface area contributed by atoms with Crippen molar-refractivity contribution in [3.63, 3.8) is 0 Å². The van der Waals surface area contributed by atoms with E-state index in [-0.39, 0.29) is 36.0 Å². The van der Waals surface area contributed by atoms with Gasteiger partial charge in [-0.3, -0.25) is 0 Å². The summed E-state index contributed by atoms with van der Waals surface area (Å²) in [5.74, 6) is -0.706. The first-order chi connectivity index (χ1) is 13.7. The molecule has 3 aromatic rings. The molecule has 29 heavy (non-hydrogen) atoms. The molecular formula is C16H16BFN8O3. The van der Waals surface area contributed by atoms with Crippen molar-refractivity contribution in [3.8, 4) is 11.4 Å². The maximum absolute atomic E-state index is 13.3. The van der Waals surface area contributed by atoms with E-state index in [4.69, 9.17) is 18.3 Å². The predicted molar refractivity (Wildman–Crippen MR) is 101 cm³/mol. The van der Waals surface area contributed by atoms with Crippen LogP contribution in [0.5, 0.6) is 5.75 Å². The number of aliphatic hydroxyl groups excluding tert-OH is 1. The average molecular weight is 398 g/mol. The molecule has 11 nitrogen and oxygen atoms in total. The largest absolute Gasteiger partial charge is 0.495 e. The van der Waals surface area contributed by atoms with Gasteiger partial charge in [0, 0.05) is 25.6 Å². The lowest BCUT2D eigenvalue weighted by Gasteiger charge is -2.43. The van der Waals surface area contributed by atoms with Crippen molar-refractivity contribution in [2.75, 3.05) is 11.1 Å². The number of aryl methyl sites for hydroxylation is 1. The summed E-state index contributed by atoms with van der Waals surface area (Å²) in [7, 11) is 7.57. The van der Waals surface area contributed by atoms with Gasteiger partial charge < -0.3 is 20.9 Å². The smallest absolute Gasteiger partial charge is 0.368 e. The van der Waals surface area contributed by atoms with E-state index in [0.717, 1.165) is 15.6 Å². The van der Waals surface area contributed by atoms with Crippen LogP contribution >= 0.6 is 0 Å². The Morgan fingerprint density at radius 2 is 2.17 bits per heavy atom. The van der Waals surface area contributed by atoms with E-state index in [9.17, 15) is 14.3 Å². The number of ether oxygens (including phenoxy) is 1. The van der Waals surface area contributed by atoms with Crippen LogP contribution in [-0.4, -0.2) is 54.3 Å². The number of benzene rings is 1. The number of aliphatic hydroxyl groups is 1. The van der Waals surface area contributed by atoms with Gasteiger partial charge in [0.25, 0.3) is 0 Å². The van der Waals surface area contributed by atoms with Gasteiger partial charge in [-0.2, -0.15) is 14.3 Å². The number of aromatic nitrogens is 6. The summed E-state index contributed by atoms with van der Waals surface area (Å²) in [6, 6.07) is 4.75. The molecule has 0 unspecified atom stereocenters. The maximum Gasteiger partial charge on any atom is 0.368 e. The van der Waals surface area contributed by atoms with Crippen molar-refractivity contribution >= 4 is 25.3 Å². The molecule has 0 atom stereocenters. The highest BCUT2D eigenvalue weighted by Crippen LogP contribution is 2.37. The quantitative estimate of drug-likeness (QED) is 0.490. The second-order valence-corrected chi connectivity index (χ2v) is 6.76. The second kappa shape index (κ2) is 6.85. The molecule has 0 amide bonds. The van der Waals surface area contributed by atoms with E-state index < -0.39 is 23.1 Å². The number of nitrogen functional groups attached to an aromatic ring is 1. The normalized spacial score (nSPS) is 20.9. The van der Waals surface area contributed by atoms with Crippen LogP contribution in [-0.2, 0) is 7.05 Å². The summed E-state index contributed by atoms with van der Waals surface area (Å²) < 4.78 is 21.2. The van der Waals surface area contributed by atoms with Crippen LogP contribution in [0.15, 0.2) is 29.2 Å². The molecule has 0 saturated heterocycles. The fourth-order valence-electron chi connectivity index (χ4n) is 2.92. The van der Waals surface area contributed by atoms with Crippen molar-refractivity contribution < 1.29 is 14.2 Å². The number of anilines is 3. The summed E-state index contributed by atoms with van der Waals surface area (Å²) in [6.45, 7) is 0. The Hall–Kier alpha value is -3.48. The number of tetrazole rings is 1. The molecule has 1 fully saturated rings. The third-order valence-electron chi connectivity index (χ3n) is 4.41. The zero-order chi connectivity index (χ0) is 20.8. The Labute approximate surface area is 164 Å². The highest BCUT2D eigenvalue weighted by molar-refractivity contribution is 6.15. The number of hydrogen-bond donors (Lipinski definition) is 3. The Bertz CT molecular complexity index is 1130. The van der Waals surface area contributed by atoms with Crippen molar-refractivity contribution in [2.45, 2.75) is 24.4 Å². The van der Waals surface area contributed by atoms with Crippen LogP contribution in [0.25, 0.3) is 5.69 Å². The second-order valence-electron chi connectivity index (χ2n) is 6.76. The Kier molecular flexibility index (Phi) is 4.45. The third kappa shape index (κ3) is 3.63. The van der Waals surface area contributed by atoms with E-state index in [1.54, 1.807) is 18.2 Å².